The summed E-state index contributed by atoms with van der Waals surface area (Å²) in [6.07, 6.45) is 1.95. The number of carbonyl (C=O) groups excluding carboxylic acids is 2. The SMILES string of the molecule is CN(C)CC1CC2(CCN(C(=O)c3cccc(C#N)c3)CC2)C(=O)O1. The number of cyclic esters (lactones) is 1. The van der Waals surface area contributed by atoms with Crippen LogP contribution in [-0.2, 0) is 9.53 Å². The minimum Gasteiger partial charge on any atom is -0.461 e. The molecule has 1 atom stereocenters. The van der Waals surface area contributed by atoms with Crippen LogP contribution in [0.15, 0.2) is 24.3 Å². The van der Waals surface area contributed by atoms with Gasteiger partial charge in [0, 0.05) is 31.6 Å². The number of benzene rings is 1. The van der Waals surface area contributed by atoms with Crippen LogP contribution in [0.25, 0.3) is 0 Å². The van der Waals surface area contributed by atoms with Gasteiger partial charge in [0.25, 0.3) is 5.91 Å². The average molecular weight is 341 g/mol. The molecule has 1 aromatic rings. The van der Waals surface area contributed by atoms with E-state index in [1.54, 1.807) is 29.2 Å². The molecule has 1 aromatic carbocycles. The van der Waals surface area contributed by atoms with Crippen molar-refractivity contribution < 1.29 is 14.3 Å². The van der Waals surface area contributed by atoms with Crippen LogP contribution in [0.1, 0.15) is 35.2 Å². The van der Waals surface area contributed by atoms with Crippen molar-refractivity contribution >= 4 is 11.9 Å². The molecular formula is C19H23N3O3. The predicted molar refractivity (Wildman–Crippen MR) is 91.8 cm³/mol. The van der Waals surface area contributed by atoms with Crippen LogP contribution in [0, 0.1) is 16.7 Å². The van der Waals surface area contributed by atoms with Gasteiger partial charge < -0.3 is 14.5 Å². The quantitative estimate of drug-likeness (QED) is 0.782. The minimum absolute atomic E-state index is 0.0583. The molecule has 2 aliphatic rings. The molecule has 0 radical (unpaired) electrons. The van der Waals surface area contributed by atoms with Crippen molar-refractivity contribution in [2.45, 2.75) is 25.4 Å². The summed E-state index contributed by atoms with van der Waals surface area (Å²) in [4.78, 5) is 28.8. The molecule has 2 heterocycles. The Morgan fingerprint density at radius 2 is 2.12 bits per heavy atom. The average Bonchev–Trinajstić information content (AvgIpc) is 2.89. The molecule has 1 amide bonds. The second-order valence-corrected chi connectivity index (χ2v) is 7.26. The van der Waals surface area contributed by atoms with E-state index in [0.29, 0.717) is 37.1 Å². The molecule has 2 saturated heterocycles. The second kappa shape index (κ2) is 6.85. The molecule has 2 aliphatic heterocycles. The van der Waals surface area contributed by atoms with Gasteiger partial charge in [0.05, 0.1) is 17.0 Å². The van der Waals surface area contributed by atoms with Gasteiger partial charge in [-0.05, 0) is 45.1 Å². The number of amides is 1. The van der Waals surface area contributed by atoms with Gasteiger partial charge in [-0.25, -0.2) is 0 Å². The first-order valence-electron chi connectivity index (χ1n) is 8.59. The lowest BCUT2D eigenvalue weighted by molar-refractivity contribution is -0.150. The summed E-state index contributed by atoms with van der Waals surface area (Å²) in [5.74, 6) is -0.193. The molecular weight excluding hydrogens is 318 g/mol. The Kier molecular flexibility index (Phi) is 4.78. The highest BCUT2D eigenvalue weighted by molar-refractivity contribution is 5.94. The molecule has 0 N–H and O–H groups in total. The largest absolute Gasteiger partial charge is 0.461 e. The number of hydrogen-bond donors (Lipinski definition) is 0. The third-order valence-corrected chi connectivity index (χ3v) is 5.14. The van der Waals surface area contributed by atoms with E-state index in [4.69, 9.17) is 10.00 Å². The molecule has 0 aromatic heterocycles. The van der Waals surface area contributed by atoms with E-state index >= 15 is 0 Å². The molecule has 2 fully saturated rings. The predicted octanol–water partition coefficient (Wildman–Crippen LogP) is 1.66. The number of hydrogen-bond acceptors (Lipinski definition) is 5. The maximum absolute atomic E-state index is 12.7. The summed E-state index contributed by atoms with van der Waals surface area (Å²) in [5.41, 5.74) is 0.561. The Morgan fingerprint density at radius 1 is 1.40 bits per heavy atom. The van der Waals surface area contributed by atoms with Crippen LogP contribution in [-0.4, -0.2) is 61.5 Å². The van der Waals surface area contributed by atoms with E-state index in [2.05, 4.69) is 6.07 Å². The summed E-state index contributed by atoms with van der Waals surface area (Å²) < 4.78 is 5.56. The van der Waals surface area contributed by atoms with Gasteiger partial charge in [0.1, 0.15) is 6.10 Å². The van der Waals surface area contributed by atoms with Gasteiger partial charge in [0.15, 0.2) is 0 Å². The molecule has 25 heavy (non-hydrogen) atoms. The molecule has 0 aliphatic carbocycles. The summed E-state index contributed by atoms with van der Waals surface area (Å²) >= 11 is 0. The molecule has 1 unspecified atom stereocenters. The van der Waals surface area contributed by atoms with E-state index in [9.17, 15) is 9.59 Å². The van der Waals surface area contributed by atoms with Crippen LogP contribution >= 0.6 is 0 Å². The fraction of sp³-hybridized carbons (Fsp3) is 0.526. The van der Waals surface area contributed by atoms with Crippen molar-refractivity contribution in [3.63, 3.8) is 0 Å². The highest BCUT2D eigenvalue weighted by Gasteiger charge is 2.50. The first-order chi connectivity index (χ1) is 11.9. The van der Waals surface area contributed by atoms with Crippen molar-refractivity contribution in [2.75, 3.05) is 33.7 Å². The van der Waals surface area contributed by atoms with Crippen molar-refractivity contribution in [1.82, 2.24) is 9.80 Å². The van der Waals surface area contributed by atoms with E-state index in [-0.39, 0.29) is 18.0 Å². The van der Waals surface area contributed by atoms with Gasteiger partial charge in [-0.15, -0.1) is 0 Å². The Hall–Kier alpha value is -2.39. The maximum Gasteiger partial charge on any atom is 0.312 e. The topological polar surface area (TPSA) is 73.6 Å². The van der Waals surface area contributed by atoms with Crippen molar-refractivity contribution in [3.8, 4) is 6.07 Å². The number of likely N-dealkylation sites (N-methyl/N-ethyl adjacent to an activating group) is 1. The zero-order valence-corrected chi connectivity index (χ0v) is 14.7. The fourth-order valence-corrected chi connectivity index (χ4v) is 3.80. The van der Waals surface area contributed by atoms with E-state index in [1.165, 1.54) is 0 Å². The number of esters is 1. The molecule has 0 bridgehead atoms. The molecule has 3 rings (SSSR count). The third-order valence-electron chi connectivity index (χ3n) is 5.14. The van der Waals surface area contributed by atoms with E-state index in [1.807, 2.05) is 19.0 Å². The number of carbonyl (C=O) groups is 2. The molecule has 6 heteroatoms. The number of rotatable bonds is 3. The Morgan fingerprint density at radius 3 is 2.76 bits per heavy atom. The van der Waals surface area contributed by atoms with Crippen LogP contribution in [0.5, 0.6) is 0 Å². The summed E-state index contributed by atoms with van der Waals surface area (Å²) in [5, 5.41) is 8.98. The van der Waals surface area contributed by atoms with Crippen LogP contribution < -0.4 is 0 Å². The molecule has 6 nitrogen and oxygen atoms in total. The normalized spacial score (nSPS) is 22.1. The molecule has 132 valence electrons. The standard InChI is InChI=1S/C19H23N3O3/c1-21(2)13-16-11-19(18(24)25-16)6-8-22(9-7-19)17(23)15-5-3-4-14(10-15)12-20/h3-5,10,16H,6-9,11,13H2,1-2H3. The number of ether oxygens (including phenoxy) is 1. The molecule has 0 saturated carbocycles. The number of piperidine rings is 1. The van der Waals surface area contributed by atoms with Crippen LogP contribution in [0.3, 0.4) is 0 Å². The third kappa shape index (κ3) is 3.52. The summed E-state index contributed by atoms with van der Waals surface area (Å²) in [6, 6.07) is 8.80. The van der Waals surface area contributed by atoms with E-state index in [0.717, 1.165) is 13.0 Å². The van der Waals surface area contributed by atoms with Gasteiger partial charge >= 0.3 is 5.97 Å². The zero-order chi connectivity index (χ0) is 18.0. The summed E-state index contributed by atoms with van der Waals surface area (Å²) in [6.45, 7) is 1.82. The smallest absolute Gasteiger partial charge is 0.312 e. The van der Waals surface area contributed by atoms with E-state index < -0.39 is 5.41 Å². The number of nitrogens with zero attached hydrogens (tertiary/aromatic N) is 3. The lowest BCUT2D eigenvalue weighted by Crippen LogP contribution is -2.45. The lowest BCUT2D eigenvalue weighted by Gasteiger charge is -2.36. The Bertz CT molecular complexity index is 715. The Labute approximate surface area is 148 Å². The Balaban J connectivity index is 1.64. The fourth-order valence-electron chi connectivity index (χ4n) is 3.80. The van der Waals surface area contributed by atoms with Crippen molar-refractivity contribution in [2.24, 2.45) is 5.41 Å². The summed E-state index contributed by atoms with van der Waals surface area (Å²) in [7, 11) is 3.94. The zero-order valence-electron chi connectivity index (χ0n) is 14.7. The monoisotopic (exact) mass is 341 g/mol. The minimum atomic E-state index is -0.439. The highest BCUT2D eigenvalue weighted by atomic mass is 16.6. The molecule has 1 spiro atoms. The maximum atomic E-state index is 12.7. The van der Waals surface area contributed by atoms with Gasteiger partial charge in [0.2, 0.25) is 0 Å². The lowest BCUT2D eigenvalue weighted by atomic mass is 9.76. The van der Waals surface area contributed by atoms with Crippen LogP contribution in [0.2, 0.25) is 0 Å². The van der Waals surface area contributed by atoms with Gasteiger partial charge in [-0.2, -0.15) is 5.26 Å². The highest BCUT2D eigenvalue weighted by Crippen LogP contribution is 2.43. The van der Waals surface area contributed by atoms with Crippen molar-refractivity contribution in [1.29, 1.82) is 5.26 Å². The number of likely N-dealkylation sites (tertiary alicyclic amines) is 1. The number of nitriles is 1. The van der Waals surface area contributed by atoms with Crippen molar-refractivity contribution in [3.05, 3.63) is 35.4 Å². The van der Waals surface area contributed by atoms with Crippen LogP contribution in [0.4, 0.5) is 0 Å². The first-order valence-corrected chi connectivity index (χ1v) is 8.59. The van der Waals surface area contributed by atoms with Gasteiger partial charge in [-0.1, -0.05) is 6.07 Å². The second-order valence-electron chi connectivity index (χ2n) is 7.26. The first kappa shape index (κ1) is 17.4. The van der Waals surface area contributed by atoms with Gasteiger partial charge in [-0.3, -0.25) is 9.59 Å².